The Balaban J connectivity index is 2.92. The Labute approximate surface area is 87.0 Å². The first-order chi connectivity index (χ1) is 6.13. The third-order valence-electron chi connectivity index (χ3n) is 1.69. The molecule has 80 valence electrons. The van der Waals surface area contributed by atoms with E-state index in [2.05, 4.69) is 19.2 Å². The fourth-order valence-electron chi connectivity index (χ4n) is 0.866. The topological polar surface area (TPSA) is 21.3 Å². The molecule has 0 spiro atoms. The summed E-state index contributed by atoms with van der Waals surface area (Å²) in [7, 11) is 0. The van der Waals surface area contributed by atoms with Gasteiger partial charge in [0, 0.05) is 25.1 Å². The minimum atomic E-state index is 0.204. The van der Waals surface area contributed by atoms with Crippen molar-refractivity contribution in [2.24, 2.45) is 5.92 Å². The maximum Gasteiger partial charge on any atom is 0.0590 e. The Bertz CT molecular complexity index is 95.1. The van der Waals surface area contributed by atoms with Gasteiger partial charge in [-0.3, -0.25) is 0 Å². The molecule has 1 atom stereocenters. The minimum absolute atomic E-state index is 0.204. The lowest BCUT2D eigenvalue weighted by Gasteiger charge is -2.08. The van der Waals surface area contributed by atoms with Crippen LogP contribution in [-0.4, -0.2) is 31.7 Å². The molecule has 2 nitrogen and oxygen atoms in total. The predicted molar refractivity (Wildman–Crippen MR) is 58.5 cm³/mol. The number of hydrogen-bond donors (Lipinski definition) is 1. The van der Waals surface area contributed by atoms with Gasteiger partial charge < -0.3 is 10.1 Å². The third kappa shape index (κ3) is 12.2. The van der Waals surface area contributed by atoms with Gasteiger partial charge in [-0.15, -0.1) is 11.6 Å². The zero-order chi connectivity index (χ0) is 10.1. The van der Waals surface area contributed by atoms with Crippen LogP contribution in [0.15, 0.2) is 0 Å². The van der Waals surface area contributed by atoms with Crippen molar-refractivity contribution in [1.29, 1.82) is 0 Å². The second-order valence-corrected chi connectivity index (χ2v) is 4.52. The first-order valence-electron chi connectivity index (χ1n) is 5.05. The van der Waals surface area contributed by atoms with Crippen LogP contribution < -0.4 is 5.32 Å². The molecule has 0 aromatic heterocycles. The Kier molecular flexibility index (Phi) is 8.93. The van der Waals surface area contributed by atoms with Crippen LogP contribution in [0.3, 0.4) is 0 Å². The summed E-state index contributed by atoms with van der Waals surface area (Å²) in [5, 5.41) is 3.42. The number of alkyl halides is 1. The molecule has 0 aliphatic carbocycles. The van der Waals surface area contributed by atoms with Gasteiger partial charge in [0.15, 0.2) is 0 Å². The van der Waals surface area contributed by atoms with E-state index >= 15 is 0 Å². The Hall–Kier alpha value is 0.210. The number of rotatable bonds is 8. The van der Waals surface area contributed by atoms with Gasteiger partial charge in [0.25, 0.3) is 0 Å². The van der Waals surface area contributed by atoms with Crippen molar-refractivity contribution in [3.63, 3.8) is 0 Å². The Morgan fingerprint density at radius 1 is 1.23 bits per heavy atom. The van der Waals surface area contributed by atoms with E-state index in [0.29, 0.717) is 0 Å². The lowest BCUT2D eigenvalue weighted by Crippen LogP contribution is -2.25. The first kappa shape index (κ1) is 13.2. The summed E-state index contributed by atoms with van der Waals surface area (Å²) < 4.78 is 5.42. The predicted octanol–water partition coefficient (Wildman–Crippen LogP) is 2.27. The molecule has 0 aromatic carbocycles. The molecular weight excluding hydrogens is 186 g/mol. The minimum Gasteiger partial charge on any atom is -0.380 e. The highest BCUT2D eigenvalue weighted by Crippen LogP contribution is 1.98. The first-order valence-corrected chi connectivity index (χ1v) is 5.49. The highest BCUT2D eigenvalue weighted by Gasteiger charge is 1.95. The van der Waals surface area contributed by atoms with Gasteiger partial charge >= 0.3 is 0 Å². The van der Waals surface area contributed by atoms with Crippen LogP contribution in [-0.2, 0) is 4.74 Å². The summed E-state index contributed by atoms with van der Waals surface area (Å²) in [6, 6.07) is 0. The van der Waals surface area contributed by atoms with Crippen molar-refractivity contribution < 1.29 is 4.74 Å². The highest BCUT2D eigenvalue weighted by atomic mass is 35.5. The van der Waals surface area contributed by atoms with Gasteiger partial charge in [0.1, 0.15) is 0 Å². The SMILES string of the molecule is CC(C)CCOCCNCC(C)Cl. The summed E-state index contributed by atoms with van der Waals surface area (Å²) in [5.41, 5.74) is 0. The summed E-state index contributed by atoms with van der Waals surface area (Å²) in [4.78, 5) is 0. The van der Waals surface area contributed by atoms with Crippen molar-refractivity contribution in [3.8, 4) is 0 Å². The molecule has 0 fully saturated rings. The van der Waals surface area contributed by atoms with Crippen LogP contribution in [0.25, 0.3) is 0 Å². The molecule has 1 unspecified atom stereocenters. The van der Waals surface area contributed by atoms with Crippen LogP contribution >= 0.6 is 11.6 Å². The molecular formula is C10H22ClNO. The average molecular weight is 208 g/mol. The van der Waals surface area contributed by atoms with Gasteiger partial charge in [-0.2, -0.15) is 0 Å². The maximum absolute atomic E-state index is 5.76. The number of ether oxygens (including phenoxy) is 1. The molecule has 0 aliphatic rings. The van der Waals surface area contributed by atoms with Crippen LogP contribution in [0.4, 0.5) is 0 Å². The molecule has 0 saturated heterocycles. The average Bonchev–Trinajstić information content (AvgIpc) is 2.01. The zero-order valence-corrected chi connectivity index (χ0v) is 9.73. The number of nitrogens with one attached hydrogen (secondary N) is 1. The van der Waals surface area contributed by atoms with Crippen molar-refractivity contribution in [3.05, 3.63) is 0 Å². The van der Waals surface area contributed by atoms with E-state index in [1.54, 1.807) is 0 Å². The molecule has 0 aliphatic heterocycles. The van der Waals surface area contributed by atoms with Crippen LogP contribution in [0.1, 0.15) is 27.2 Å². The fourth-order valence-corrected chi connectivity index (χ4v) is 0.975. The van der Waals surface area contributed by atoms with Crippen molar-refractivity contribution in [2.75, 3.05) is 26.3 Å². The van der Waals surface area contributed by atoms with Gasteiger partial charge in [-0.1, -0.05) is 13.8 Å². The summed E-state index contributed by atoms with van der Waals surface area (Å²) in [5.74, 6) is 0.732. The van der Waals surface area contributed by atoms with E-state index in [9.17, 15) is 0 Å². The third-order valence-corrected chi connectivity index (χ3v) is 1.84. The van der Waals surface area contributed by atoms with Crippen molar-refractivity contribution in [2.45, 2.75) is 32.6 Å². The quantitative estimate of drug-likeness (QED) is 0.487. The number of halogens is 1. The van der Waals surface area contributed by atoms with E-state index in [0.717, 1.165) is 38.6 Å². The Morgan fingerprint density at radius 2 is 1.92 bits per heavy atom. The smallest absolute Gasteiger partial charge is 0.0590 e. The summed E-state index contributed by atoms with van der Waals surface area (Å²) in [6.45, 7) is 9.80. The second-order valence-electron chi connectivity index (χ2n) is 3.78. The normalized spacial score (nSPS) is 13.6. The van der Waals surface area contributed by atoms with Crippen LogP contribution in [0, 0.1) is 5.92 Å². The molecule has 3 heteroatoms. The molecule has 0 saturated carbocycles. The second kappa shape index (κ2) is 8.79. The molecule has 0 bridgehead atoms. The lowest BCUT2D eigenvalue weighted by molar-refractivity contribution is 0.125. The van der Waals surface area contributed by atoms with E-state index in [4.69, 9.17) is 16.3 Å². The Morgan fingerprint density at radius 3 is 2.46 bits per heavy atom. The van der Waals surface area contributed by atoms with Gasteiger partial charge in [0.05, 0.1) is 6.61 Å². The molecule has 0 heterocycles. The molecule has 0 aromatic rings. The van der Waals surface area contributed by atoms with E-state index < -0.39 is 0 Å². The van der Waals surface area contributed by atoms with E-state index in [1.807, 2.05) is 6.92 Å². The van der Waals surface area contributed by atoms with Crippen LogP contribution in [0.5, 0.6) is 0 Å². The molecule has 0 radical (unpaired) electrons. The standard InChI is InChI=1S/C10H22ClNO/c1-9(2)4-6-13-7-5-12-8-10(3)11/h9-10,12H,4-8H2,1-3H3. The molecule has 0 amide bonds. The fraction of sp³-hybridized carbons (Fsp3) is 1.00. The van der Waals surface area contributed by atoms with Crippen LogP contribution in [0.2, 0.25) is 0 Å². The monoisotopic (exact) mass is 207 g/mol. The van der Waals surface area contributed by atoms with E-state index in [-0.39, 0.29) is 5.38 Å². The summed E-state index contributed by atoms with van der Waals surface area (Å²) in [6.07, 6.45) is 1.14. The van der Waals surface area contributed by atoms with Crippen molar-refractivity contribution >= 4 is 11.6 Å². The van der Waals surface area contributed by atoms with Gasteiger partial charge in [-0.25, -0.2) is 0 Å². The molecule has 0 rings (SSSR count). The molecule has 1 N–H and O–H groups in total. The zero-order valence-electron chi connectivity index (χ0n) is 8.98. The number of hydrogen-bond acceptors (Lipinski definition) is 2. The molecule has 13 heavy (non-hydrogen) atoms. The van der Waals surface area contributed by atoms with Gasteiger partial charge in [0.2, 0.25) is 0 Å². The van der Waals surface area contributed by atoms with Crippen molar-refractivity contribution in [1.82, 2.24) is 5.32 Å². The summed E-state index contributed by atoms with van der Waals surface area (Å²) >= 11 is 5.76. The maximum atomic E-state index is 5.76. The largest absolute Gasteiger partial charge is 0.380 e. The van der Waals surface area contributed by atoms with Gasteiger partial charge in [-0.05, 0) is 19.3 Å². The highest BCUT2D eigenvalue weighted by molar-refractivity contribution is 6.20. The van der Waals surface area contributed by atoms with E-state index in [1.165, 1.54) is 0 Å². The lowest BCUT2D eigenvalue weighted by atomic mass is 10.1.